The minimum absolute atomic E-state index is 0.674. The lowest BCUT2D eigenvalue weighted by atomic mass is 9.89. The fourth-order valence-electron chi connectivity index (χ4n) is 9.86. The molecular weight excluding hydrogens is 839 g/mol. The summed E-state index contributed by atoms with van der Waals surface area (Å²) < 4.78 is 6.64. The summed E-state index contributed by atoms with van der Waals surface area (Å²) >= 11 is 0. The van der Waals surface area contributed by atoms with Gasteiger partial charge in [0, 0.05) is 54.7 Å². The largest absolute Gasteiger partial charge is 0.456 e. The number of hydrogen-bond acceptors (Lipinski definition) is 4. The first kappa shape index (κ1) is 40.1. The summed E-state index contributed by atoms with van der Waals surface area (Å²) in [6.07, 6.45) is 0. The molecule has 13 rings (SSSR count). The first-order valence-electron chi connectivity index (χ1n) is 23.3. The lowest BCUT2D eigenvalue weighted by molar-refractivity contribution is 0.669. The Kier molecular flexibility index (Phi) is 9.80. The number of pyridine rings is 1. The zero-order valence-electron chi connectivity index (χ0n) is 37.4. The maximum Gasteiger partial charge on any atom is 0.160 e. The molecule has 13 aromatic rings. The Labute approximate surface area is 399 Å². The van der Waals surface area contributed by atoms with Gasteiger partial charge in [-0.1, -0.05) is 224 Å². The molecule has 0 amide bonds. The number of furan rings is 1. The Morgan fingerprint density at radius 2 is 0.681 bits per heavy atom. The van der Waals surface area contributed by atoms with E-state index >= 15 is 0 Å². The van der Waals surface area contributed by atoms with Crippen LogP contribution in [-0.4, -0.2) is 15.0 Å². The summed E-state index contributed by atoms with van der Waals surface area (Å²) in [7, 11) is 0. The second-order valence-corrected chi connectivity index (χ2v) is 17.5. The standard InChI is InChI=1S/C65H41N3O/c1-4-14-42(15-5-1)44-24-32-48(33-25-44)57-41-58(49-34-26-45(27-35-49)43-16-6-2-7-17-43)68-65(67-57)52-38-30-47(31-39-52)46-28-36-50(37-29-46)61-62-53-20-10-12-22-56(53)66-64(51-18-8-3-9-19-51)55(62)40-60-63(61)54-21-11-13-23-59(54)69-60/h1-41H. The van der Waals surface area contributed by atoms with Crippen LogP contribution in [-0.2, 0) is 0 Å². The Morgan fingerprint density at radius 3 is 1.23 bits per heavy atom. The van der Waals surface area contributed by atoms with E-state index in [9.17, 15) is 0 Å². The highest BCUT2D eigenvalue weighted by atomic mass is 16.3. The van der Waals surface area contributed by atoms with E-state index in [4.69, 9.17) is 19.4 Å². The average Bonchev–Trinajstić information content (AvgIpc) is 3.81. The molecule has 0 radical (unpaired) electrons. The van der Waals surface area contributed by atoms with Gasteiger partial charge in [0.2, 0.25) is 0 Å². The minimum Gasteiger partial charge on any atom is -0.456 e. The fourth-order valence-corrected chi connectivity index (χ4v) is 9.86. The third-order valence-corrected chi connectivity index (χ3v) is 13.3. The number of rotatable bonds is 8. The third kappa shape index (κ3) is 7.32. The first-order valence-corrected chi connectivity index (χ1v) is 23.3. The predicted molar refractivity (Wildman–Crippen MR) is 286 cm³/mol. The van der Waals surface area contributed by atoms with Gasteiger partial charge in [0.1, 0.15) is 11.2 Å². The summed E-state index contributed by atoms with van der Waals surface area (Å²) in [6.45, 7) is 0. The van der Waals surface area contributed by atoms with Crippen molar-refractivity contribution >= 4 is 43.6 Å². The number of benzene rings is 10. The van der Waals surface area contributed by atoms with Gasteiger partial charge in [0.15, 0.2) is 5.82 Å². The van der Waals surface area contributed by atoms with E-state index in [-0.39, 0.29) is 0 Å². The fraction of sp³-hybridized carbons (Fsp3) is 0. The predicted octanol–water partition coefficient (Wildman–Crippen LogP) is 17.4. The Hall–Kier alpha value is -9.25. The molecule has 0 spiro atoms. The molecule has 0 N–H and O–H groups in total. The summed E-state index contributed by atoms with van der Waals surface area (Å²) in [6, 6.07) is 87.4. The third-order valence-electron chi connectivity index (χ3n) is 13.3. The molecule has 0 saturated carbocycles. The van der Waals surface area contributed by atoms with Gasteiger partial charge in [-0.2, -0.15) is 0 Å². The van der Waals surface area contributed by atoms with Crippen molar-refractivity contribution in [3.05, 3.63) is 249 Å². The van der Waals surface area contributed by atoms with E-state index < -0.39 is 0 Å². The highest BCUT2D eigenvalue weighted by Crippen LogP contribution is 2.46. The van der Waals surface area contributed by atoms with Gasteiger partial charge in [-0.25, -0.2) is 15.0 Å². The van der Waals surface area contributed by atoms with Crippen molar-refractivity contribution in [3.63, 3.8) is 0 Å². The lowest BCUT2D eigenvalue weighted by Gasteiger charge is -2.16. The average molecular weight is 880 g/mol. The number of nitrogens with zero attached hydrogens (tertiary/aromatic N) is 3. The van der Waals surface area contributed by atoms with Crippen LogP contribution in [0.2, 0.25) is 0 Å². The maximum atomic E-state index is 6.64. The molecule has 69 heavy (non-hydrogen) atoms. The van der Waals surface area contributed by atoms with Crippen molar-refractivity contribution < 1.29 is 4.42 Å². The van der Waals surface area contributed by atoms with Gasteiger partial charge in [-0.15, -0.1) is 0 Å². The second kappa shape index (κ2) is 16.9. The summed E-state index contributed by atoms with van der Waals surface area (Å²) in [4.78, 5) is 15.7. The van der Waals surface area contributed by atoms with Crippen LogP contribution in [0, 0.1) is 0 Å². The van der Waals surface area contributed by atoms with Crippen LogP contribution in [0.15, 0.2) is 253 Å². The first-order chi connectivity index (χ1) is 34.2. The zero-order chi connectivity index (χ0) is 45.7. The molecule has 0 saturated heterocycles. The molecule has 3 heterocycles. The van der Waals surface area contributed by atoms with Crippen molar-refractivity contribution in [2.45, 2.75) is 0 Å². The molecule has 0 aliphatic carbocycles. The summed E-state index contributed by atoms with van der Waals surface area (Å²) in [5, 5.41) is 5.53. The molecule has 0 unspecified atom stereocenters. The van der Waals surface area contributed by atoms with Crippen molar-refractivity contribution in [1.29, 1.82) is 0 Å². The topological polar surface area (TPSA) is 51.8 Å². The van der Waals surface area contributed by atoms with Crippen molar-refractivity contribution in [2.24, 2.45) is 0 Å². The molecule has 4 nitrogen and oxygen atoms in total. The Bertz CT molecular complexity index is 3900. The van der Waals surface area contributed by atoms with E-state index in [1.54, 1.807) is 0 Å². The van der Waals surface area contributed by atoms with E-state index in [0.717, 1.165) is 116 Å². The number of aromatic nitrogens is 3. The molecule has 0 fully saturated rings. The van der Waals surface area contributed by atoms with Crippen LogP contribution in [0.1, 0.15) is 0 Å². The van der Waals surface area contributed by atoms with Crippen LogP contribution in [0.25, 0.3) is 133 Å². The minimum atomic E-state index is 0.674. The lowest BCUT2D eigenvalue weighted by Crippen LogP contribution is -1.96. The maximum absolute atomic E-state index is 6.64. The Morgan fingerprint density at radius 1 is 0.261 bits per heavy atom. The van der Waals surface area contributed by atoms with Crippen LogP contribution in [0.4, 0.5) is 0 Å². The molecule has 0 aliphatic heterocycles. The zero-order valence-corrected chi connectivity index (χ0v) is 37.4. The summed E-state index contributed by atoms with van der Waals surface area (Å²) in [5.74, 6) is 0.674. The second-order valence-electron chi connectivity index (χ2n) is 17.5. The quantitative estimate of drug-likeness (QED) is 0.143. The molecule has 3 aromatic heterocycles. The van der Waals surface area contributed by atoms with Crippen LogP contribution in [0.3, 0.4) is 0 Å². The van der Waals surface area contributed by atoms with Gasteiger partial charge in [0.05, 0.1) is 22.6 Å². The molecule has 0 aliphatic rings. The van der Waals surface area contributed by atoms with E-state index in [0.29, 0.717) is 5.82 Å². The molecule has 0 bridgehead atoms. The van der Waals surface area contributed by atoms with E-state index in [1.165, 1.54) is 11.1 Å². The SMILES string of the molecule is c1ccc(-c2ccc(-c3cc(-c4ccc(-c5ccccc5)cc4)nc(-c4ccc(-c5ccc(-c6c7c(cc8c(-c9ccccc9)nc9ccccc9c68)oc6ccccc67)cc5)cc4)n3)cc2)cc1. The monoisotopic (exact) mass is 879 g/mol. The van der Waals surface area contributed by atoms with Crippen LogP contribution in [0.5, 0.6) is 0 Å². The normalized spacial score (nSPS) is 11.5. The van der Waals surface area contributed by atoms with Gasteiger partial charge in [-0.3, -0.25) is 0 Å². The smallest absolute Gasteiger partial charge is 0.160 e. The van der Waals surface area contributed by atoms with Crippen molar-refractivity contribution in [1.82, 2.24) is 15.0 Å². The Balaban J connectivity index is 0.894. The molecule has 0 atom stereocenters. The highest BCUT2D eigenvalue weighted by molar-refractivity contribution is 6.27. The van der Waals surface area contributed by atoms with Gasteiger partial charge in [-0.05, 0) is 63.2 Å². The molecule has 10 aromatic carbocycles. The number of para-hydroxylation sites is 2. The van der Waals surface area contributed by atoms with E-state index in [2.05, 4.69) is 224 Å². The van der Waals surface area contributed by atoms with Crippen molar-refractivity contribution in [3.8, 4) is 89.7 Å². The van der Waals surface area contributed by atoms with Gasteiger partial charge in [0.25, 0.3) is 0 Å². The number of hydrogen-bond donors (Lipinski definition) is 0. The highest BCUT2D eigenvalue weighted by Gasteiger charge is 2.22. The van der Waals surface area contributed by atoms with Gasteiger partial charge >= 0.3 is 0 Å². The summed E-state index contributed by atoms with van der Waals surface area (Å²) in [5.41, 5.74) is 18.6. The molecular formula is C65H41N3O. The number of fused-ring (bicyclic) bond motifs is 6. The van der Waals surface area contributed by atoms with E-state index in [1.807, 2.05) is 24.3 Å². The van der Waals surface area contributed by atoms with Crippen molar-refractivity contribution in [2.75, 3.05) is 0 Å². The van der Waals surface area contributed by atoms with Crippen LogP contribution >= 0.6 is 0 Å². The molecule has 4 heteroatoms. The molecule has 322 valence electrons. The van der Waals surface area contributed by atoms with Gasteiger partial charge < -0.3 is 4.42 Å². The van der Waals surface area contributed by atoms with Crippen LogP contribution < -0.4 is 0 Å².